The number of nitrogens with one attached hydrogen (secondary N) is 1. The monoisotopic (exact) mass is 371 g/mol. The lowest BCUT2D eigenvalue weighted by atomic mass is 9.99. The maximum atomic E-state index is 14.1. The fourth-order valence-electron chi connectivity index (χ4n) is 2.35. The number of likely N-dealkylation sites (N-methyl/N-ethyl adjacent to an activating group) is 1. The standard InChI is InChI=1S/C18H30FN3O4/c1-8-14(24)10-21(7)18(26)16(12(4)5)20-17(25)15(9-11(2)3)22(19)13(6)23/h8,11-12,15-16H,1,9-10H2,2-7H3,(H,20,25). The second-order valence-electron chi connectivity index (χ2n) is 7.07. The van der Waals surface area contributed by atoms with E-state index in [9.17, 15) is 23.7 Å². The Balaban J connectivity index is 5.34. The maximum Gasteiger partial charge on any atom is 0.247 e. The molecule has 0 heterocycles. The van der Waals surface area contributed by atoms with Gasteiger partial charge in [-0.1, -0.05) is 38.8 Å². The van der Waals surface area contributed by atoms with E-state index in [1.165, 1.54) is 11.9 Å². The average Bonchev–Trinajstić information content (AvgIpc) is 2.55. The smallest absolute Gasteiger partial charge is 0.247 e. The molecule has 0 aromatic heterocycles. The SMILES string of the molecule is C=CC(=O)CN(C)C(=O)C(NC(=O)C(CC(C)C)N(F)C(C)=O)C(C)C. The van der Waals surface area contributed by atoms with Crippen LogP contribution in [-0.2, 0) is 19.2 Å². The Bertz CT molecular complexity index is 549. The van der Waals surface area contributed by atoms with E-state index in [0.29, 0.717) is 0 Å². The third kappa shape index (κ3) is 7.33. The van der Waals surface area contributed by atoms with Crippen LogP contribution in [0.25, 0.3) is 0 Å². The summed E-state index contributed by atoms with van der Waals surface area (Å²) in [6.45, 7) is 11.3. The number of hydrogen-bond acceptors (Lipinski definition) is 4. The van der Waals surface area contributed by atoms with Gasteiger partial charge in [-0.3, -0.25) is 19.2 Å². The summed E-state index contributed by atoms with van der Waals surface area (Å²) in [5.74, 6) is -2.76. The highest BCUT2D eigenvalue weighted by molar-refractivity contribution is 5.96. The molecule has 26 heavy (non-hydrogen) atoms. The topological polar surface area (TPSA) is 86.8 Å². The normalized spacial score (nSPS) is 13.1. The Hall–Kier alpha value is -2.25. The second kappa shape index (κ2) is 10.7. The lowest BCUT2D eigenvalue weighted by Gasteiger charge is -2.29. The van der Waals surface area contributed by atoms with E-state index in [-0.39, 0.29) is 35.7 Å². The van der Waals surface area contributed by atoms with Gasteiger partial charge in [0.05, 0.1) is 6.54 Å². The molecule has 2 unspecified atom stereocenters. The number of ketones is 1. The van der Waals surface area contributed by atoms with E-state index in [1.807, 2.05) is 0 Å². The van der Waals surface area contributed by atoms with Crippen LogP contribution >= 0.6 is 0 Å². The third-order valence-electron chi connectivity index (χ3n) is 3.80. The number of carbonyl (C=O) groups is 4. The highest BCUT2D eigenvalue weighted by atomic mass is 19.2. The Labute approximate surface area is 154 Å². The van der Waals surface area contributed by atoms with Crippen LogP contribution in [0.1, 0.15) is 41.0 Å². The molecule has 0 aliphatic carbocycles. The molecule has 0 bridgehead atoms. The van der Waals surface area contributed by atoms with Gasteiger partial charge in [-0.2, -0.15) is 5.12 Å². The van der Waals surface area contributed by atoms with Gasteiger partial charge in [-0.15, -0.1) is 0 Å². The number of halogens is 1. The van der Waals surface area contributed by atoms with E-state index < -0.39 is 29.8 Å². The van der Waals surface area contributed by atoms with Gasteiger partial charge < -0.3 is 10.2 Å². The number of nitrogens with zero attached hydrogens (tertiary/aromatic N) is 2. The highest BCUT2D eigenvalue weighted by Crippen LogP contribution is 2.15. The maximum absolute atomic E-state index is 14.1. The van der Waals surface area contributed by atoms with Crippen molar-refractivity contribution in [1.82, 2.24) is 15.3 Å². The molecule has 148 valence electrons. The van der Waals surface area contributed by atoms with Crippen LogP contribution in [-0.4, -0.2) is 59.2 Å². The minimum atomic E-state index is -1.32. The van der Waals surface area contributed by atoms with Crippen molar-refractivity contribution in [3.63, 3.8) is 0 Å². The quantitative estimate of drug-likeness (QED) is 0.466. The van der Waals surface area contributed by atoms with E-state index in [1.54, 1.807) is 27.7 Å². The Morgan fingerprint density at radius 2 is 1.69 bits per heavy atom. The summed E-state index contributed by atoms with van der Waals surface area (Å²) in [5.41, 5.74) is 0. The lowest BCUT2D eigenvalue weighted by Crippen LogP contribution is -2.55. The molecule has 7 nitrogen and oxygen atoms in total. The first kappa shape index (κ1) is 23.8. The minimum Gasteiger partial charge on any atom is -0.342 e. The van der Waals surface area contributed by atoms with E-state index >= 15 is 0 Å². The van der Waals surface area contributed by atoms with Gasteiger partial charge in [0.15, 0.2) is 5.78 Å². The van der Waals surface area contributed by atoms with Crippen LogP contribution in [0.3, 0.4) is 0 Å². The zero-order chi connectivity index (χ0) is 20.6. The molecule has 0 spiro atoms. The first-order valence-corrected chi connectivity index (χ1v) is 8.58. The predicted octanol–water partition coefficient (Wildman–Crippen LogP) is 1.49. The van der Waals surface area contributed by atoms with E-state index in [0.717, 1.165) is 13.0 Å². The third-order valence-corrected chi connectivity index (χ3v) is 3.80. The average molecular weight is 371 g/mol. The number of amides is 3. The van der Waals surface area contributed by atoms with Crippen LogP contribution in [0.5, 0.6) is 0 Å². The van der Waals surface area contributed by atoms with Gasteiger partial charge in [0.1, 0.15) is 12.1 Å². The molecule has 0 aromatic carbocycles. The highest BCUT2D eigenvalue weighted by Gasteiger charge is 2.34. The molecular formula is C18H30FN3O4. The number of rotatable bonds is 10. The van der Waals surface area contributed by atoms with Gasteiger partial charge in [0.2, 0.25) is 17.7 Å². The zero-order valence-electron chi connectivity index (χ0n) is 16.4. The van der Waals surface area contributed by atoms with Crippen molar-refractivity contribution in [2.24, 2.45) is 11.8 Å². The van der Waals surface area contributed by atoms with Crippen LogP contribution in [0, 0.1) is 11.8 Å². The van der Waals surface area contributed by atoms with E-state index in [2.05, 4.69) is 11.9 Å². The van der Waals surface area contributed by atoms with E-state index in [4.69, 9.17) is 0 Å². The molecule has 0 saturated carbocycles. The molecule has 0 aliphatic rings. The predicted molar refractivity (Wildman–Crippen MR) is 96.5 cm³/mol. The van der Waals surface area contributed by atoms with Crippen LogP contribution in [0.2, 0.25) is 0 Å². The number of hydrogen-bond donors (Lipinski definition) is 1. The van der Waals surface area contributed by atoms with Crippen LogP contribution in [0.15, 0.2) is 12.7 Å². The van der Waals surface area contributed by atoms with Gasteiger partial charge >= 0.3 is 0 Å². The molecule has 0 saturated heterocycles. The van der Waals surface area contributed by atoms with Gasteiger partial charge in [0.25, 0.3) is 0 Å². The van der Waals surface area contributed by atoms with Gasteiger partial charge in [-0.05, 0) is 24.3 Å². The largest absolute Gasteiger partial charge is 0.342 e. The Kier molecular flexibility index (Phi) is 9.75. The molecule has 0 aromatic rings. The molecule has 0 fully saturated rings. The van der Waals surface area contributed by atoms with Crippen molar-refractivity contribution < 1.29 is 23.7 Å². The van der Waals surface area contributed by atoms with Gasteiger partial charge in [-0.25, -0.2) is 0 Å². The van der Waals surface area contributed by atoms with Crippen molar-refractivity contribution in [2.75, 3.05) is 13.6 Å². The summed E-state index contributed by atoms with van der Waals surface area (Å²) in [4.78, 5) is 49.1. The van der Waals surface area contributed by atoms with Crippen LogP contribution in [0.4, 0.5) is 4.48 Å². The molecular weight excluding hydrogens is 341 g/mol. The summed E-state index contributed by atoms with van der Waals surface area (Å²) < 4.78 is 14.1. The molecule has 1 N–H and O–H groups in total. The fourth-order valence-corrected chi connectivity index (χ4v) is 2.35. The lowest BCUT2D eigenvalue weighted by molar-refractivity contribution is -0.158. The molecule has 0 radical (unpaired) electrons. The van der Waals surface area contributed by atoms with Gasteiger partial charge in [0, 0.05) is 14.0 Å². The van der Waals surface area contributed by atoms with Crippen LogP contribution < -0.4 is 5.32 Å². The minimum absolute atomic E-state index is 0.0376. The first-order valence-electron chi connectivity index (χ1n) is 8.58. The van der Waals surface area contributed by atoms with Crippen molar-refractivity contribution >= 4 is 23.5 Å². The molecule has 8 heteroatoms. The van der Waals surface area contributed by atoms with Crippen molar-refractivity contribution in [3.8, 4) is 0 Å². The van der Waals surface area contributed by atoms with Crippen molar-refractivity contribution in [3.05, 3.63) is 12.7 Å². The fraction of sp³-hybridized carbons (Fsp3) is 0.667. The molecule has 2 atom stereocenters. The summed E-state index contributed by atoms with van der Waals surface area (Å²) in [6.07, 6.45) is 1.23. The molecule has 0 rings (SSSR count). The Morgan fingerprint density at radius 3 is 2.08 bits per heavy atom. The first-order chi connectivity index (χ1) is 11.9. The summed E-state index contributed by atoms with van der Waals surface area (Å²) >= 11 is 0. The Morgan fingerprint density at radius 1 is 1.15 bits per heavy atom. The number of carbonyl (C=O) groups excluding carboxylic acids is 4. The summed E-state index contributed by atoms with van der Waals surface area (Å²) in [5, 5.41) is 2.42. The van der Waals surface area contributed by atoms with Crippen molar-refractivity contribution in [2.45, 2.75) is 53.1 Å². The molecule has 0 aliphatic heterocycles. The summed E-state index contributed by atoms with van der Waals surface area (Å²) in [7, 11) is 1.44. The zero-order valence-corrected chi connectivity index (χ0v) is 16.4. The van der Waals surface area contributed by atoms with Crippen molar-refractivity contribution in [1.29, 1.82) is 0 Å². The summed E-state index contributed by atoms with van der Waals surface area (Å²) in [6, 6.07) is -2.26. The second-order valence-corrected chi connectivity index (χ2v) is 7.07. The molecule has 3 amide bonds.